The summed E-state index contributed by atoms with van der Waals surface area (Å²) in [5, 5.41) is 17.0. The van der Waals surface area contributed by atoms with Crippen LogP contribution in [-0.4, -0.2) is 30.2 Å². The molecule has 0 saturated carbocycles. The van der Waals surface area contributed by atoms with Gasteiger partial charge in [-0.1, -0.05) is 22.0 Å². The molecule has 3 amide bonds. The molecule has 0 radical (unpaired) electrons. The van der Waals surface area contributed by atoms with Gasteiger partial charge in [0.1, 0.15) is 5.75 Å². The predicted molar refractivity (Wildman–Crippen MR) is 106 cm³/mol. The van der Waals surface area contributed by atoms with E-state index in [-0.39, 0.29) is 11.6 Å². The van der Waals surface area contributed by atoms with Gasteiger partial charge in [-0.15, -0.1) is 0 Å². The van der Waals surface area contributed by atoms with Crippen molar-refractivity contribution in [1.82, 2.24) is 5.32 Å². The fraction of sp³-hybridized carbons (Fsp3) is 0.263. The van der Waals surface area contributed by atoms with E-state index >= 15 is 0 Å². The van der Waals surface area contributed by atoms with E-state index in [4.69, 9.17) is 4.74 Å². The van der Waals surface area contributed by atoms with Gasteiger partial charge < -0.3 is 20.5 Å². The molecular formula is C19H20BrN3O4. The highest BCUT2D eigenvalue weighted by molar-refractivity contribution is 9.10. The Morgan fingerprint density at radius 1 is 1.30 bits per heavy atom. The minimum atomic E-state index is -2.24. The minimum Gasteiger partial charge on any atom is -0.497 e. The molecule has 0 unspecified atom stereocenters. The van der Waals surface area contributed by atoms with Crippen molar-refractivity contribution in [3.05, 3.63) is 52.5 Å². The molecule has 1 aliphatic heterocycles. The van der Waals surface area contributed by atoms with E-state index in [0.717, 1.165) is 4.90 Å². The van der Waals surface area contributed by atoms with Gasteiger partial charge in [0, 0.05) is 22.1 Å². The number of nitrogens with one attached hydrogen (secondary N) is 2. The van der Waals surface area contributed by atoms with Crippen LogP contribution in [0.15, 0.2) is 46.9 Å². The number of aliphatic hydroxyl groups is 1. The minimum absolute atomic E-state index is 0.228. The van der Waals surface area contributed by atoms with Crippen LogP contribution in [0.25, 0.3) is 0 Å². The van der Waals surface area contributed by atoms with E-state index in [9.17, 15) is 14.7 Å². The summed E-state index contributed by atoms with van der Waals surface area (Å²) in [5.41, 5.74) is -1.29. The topological polar surface area (TPSA) is 90.9 Å². The average molecular weight is 434 g/mol. The van der Waals surface area contributed by atoms with E-state index in [1.165, 1.54) is 7.11 Å². The number of carbonyl (C=O) groups is 2. The Hall–Kier alpha value is -2.58. The van der Waals surface area contributed by atoms with Gasteiger partial charge in [-0.25, -0.2) is 4.79 Å². The van der Waals surface area contributed by atoms with E-state index in [2.05, 4.69) is 26.6 Å². The normalized spacial score (nSPS) is 18.7. The summed E-state index contributed by atoms with van der Waals surface area (Å²) in [6.45, 7) is 3.56. The van der Waals surface area contributed by atoms with E-state index in [1.807, 2.05) is 0 Å². The summed E-state index contributed by atoms with van der Waals surface area (Å²) >= 11 is 3.36. The maximum Gasteiger partial charge on any atom is 0.329 e. The van der Waals surface area contributed by atoms with Crippen LogP contribution in [0.5, 0.6) is 5.75 Å². The molecule has 3 N–H and O–H groups in total. The number of methoxy groups -OCH3 is 1. The van der Waals surface area contributed by atoms with Gasteiger partial charge in [0.25, 0.3) is 11.6 Å². The molecule has 2 aromatic carbocycles. The van der Waals surface area contributed by atoms with Crippen LogP contribution < -0.4 is 20.3 Å². The predicted octanol–water partition coefficient (Wildman–Crippen LogP) is 3.18. The first-order valence-corrected chi connectivity index (χ1v) is 9.15. The first-order valence-electron chi connectivity index (χ1n) is 8.36. The van der Waals surface area contributed by atoms with Crippen LogP contribution >= 0.6 is 15.9 Å². The van der Waals surface area contributed by atoms with Gasteiger partial charge in [-0.3, -0.25) is 9.69 Å². The molecule has 0 spiro atoms. The zero-order valence-corrected chi connectivity index (χ0v) is 16.7. The second-order valence-corrected chi connectivity index (χ2v) is 7.37. The number of anilines is 2. The lowest BCUT2D eigenvalue weighted by Gasteiger charge is -2.43. The zero-order valence-electron chi connectivity index (χ0n) is 15.1. The third-order valence-corrected chi connectivity index (χ3v) is 4.67. The van der Waals surface area contributed by atoms with E-state index in [0.29, 0.717) is 21.6 Å². The number of urea groups is 1. The molecule has 7 nitrogen and oxygen atoms in total. The summed E-state index contributed by atoms with van der Waals surface area (Å²) in [7, 11) is 1.50. The first-order chi connectivity index (χ1) is 12.8. The van der Waals surface area contributed by atoms with Crippen molar-refractivity contribution < 1.29 is 19.4 Å². The second-order valence-electron chi connectivity index (χ2n) is 6.46. The number of ether oxygens (including phenoxy) is 1. The van der Waals surface area contributed by atoms with Crippen molar-refractivity contribution in [3.8, 4) is 5.75 Å². The average Bonchev–Trinajstić information content (AvgIpc) is 2.62. The number of halogens is 1. The molecule has 1 heterocycles. The van der Waals surface area contributed by atoms with Gasteiger partial charge >= 0.3 is 6.03 Å². The van der Waals surface area contributed by atoms with Gasteiger partial charge in [0.05, 0.1) is 18.5 Å². The number of amides is 3. The number of nitrogens with zero attached hydrogens (tertiary/aromatic N) is 1. The molecule has 0 fully saturated rings. The summed E-state index contributed by atoms with van der Waals surface area (Å²) < 4.78 is 5.88. The Labute approximate surface area is 165 Å². The third kappa shape index (κ3) is 3.38. The number of benzene rings is 2. The lowest BCUT2D eigenvalue weighted by atomic mass is 9.94. The summed E-state index contributed by atoms with van der Waals surface area (Å²) in [6.07, 6.45) is 0. The van der Waals surface area contributed by atoms with Gasteiger partial charge in [0.2, 0.25) is 0 Å². The molecule has 8 heteroatoms. The fourth-order valence-corrected chi connectivity index (χ4v) is 3.35. The van der Waals surface area contributed by atoms with Crippen molar-refractivity contribution in [2.24, 2.45) is 0 Å². The molecule has 1 aliphatic rings. The van der Waals surface area contributed by atoms with Crippen LogP contribution in [0.1, 0.15) is 19.4 Å². The lowest BCUT2D eigenvalue weighted by molar-refractivity contribution is -0.140. The Morgan fingerprint density at radius 3 is 2.70 bits per heavy atom. The van der Waals surface area contributed by atoms with Crippen molar-refractivity contribution >= 4 is 39.2 Å². The number of hydrogen-bond acceptors (Lipinski definition) is 4. The molecule has 142 valence electrons. The molecule has 27 heavy (non-hydrogen) atoms. The number of rotatable bonds is 4. The molecule has 0 aliphatic carbocycles. The lowest BCUT2D eigenvalue weighted by Crippen LogP contribution is -2.63. The van der Waals surface area contributed by atoms with Crippen molar-refractivity contribution in [2.45, 2.75) is 25.6 Å². The van der Waals surface area contributed by atoms with Crippen LogP contribution in [-0.2, 0) is 10.5 Å². The Kier molecular flexibility index (Phi) is 5.12. The van der Waals surface area contributed by atoms with Crippen LogP contribution in [0.4, 0.5) is 16.2 Å². The molecule has 0 aromatic heterocycles. The second kappa shape index (κ2) is 7.21. The largest absolute Gasteiger partial charge is 0.497 e. The number of fused-ring (bicyclic) bond motifs is 1. The fourth-order valence-electron chi connectivity index (χ4n) is 2.99. The molecule has 3 rings (SSSR count). The van der Waals surface area contributed by atoms with Gasteiger partial charge in [-0.2, -0.15) is 0 Å². The summed E-state index contributed by atoms with van der Waals surface area (Å²) in [4.78, 5) is 27.0. The standard InChI is InChI=1S/C19H20BrN3O4/c1-11(2)21-17(24)19(26)15-9-12(20)7-8-16(15)22-18(25)23(19)13-5-4-6-14(10-13)27-3/h4-11,26H,1-3H3,(H,21,24)(H,22,25)/t19-/m0/s1. The first kappa shape index (κ1) is 19.2. The smallest absolute Gasteiger partial charge is 0.329 e. The van der Waals surface area contributed by atoms with Crippen LogP contribution in [0, 0.1) is 0 Å². The SMILES string of the molecule is COc1cccc(N2C(=O)Nc3ccc(Br)cc3[C@]2(O)C(=O)NC(C)C)c1. The number of hydrogen-bond donors (Lipinski definition) is 3. The molecule has 0 saturated heterocycles. The Balaban J connectivity index is 2.23. The molecule has 2 aromatic rings. The van der Waals surface area contributed by atoms with Crippen LogP contribution in [0.3, 0.4) is 0 Å². The molecule has 0 bridgehead atoms. The monoisotopic (exact) mass is 433 g/mol. The third-order valence-electron chi connectivity index (χ3n) is 4.17. The van der Waals surface area contributed by atoms with Gasteiger partial charge in [-0.05, 0) is 44.2 Å². The van der Waals surface area contributed by atoms with Crippen LogP contribution in [0.2, 0.25) is 0 Å². The van der Waals surface area contributed by atoms with Crippen molar-refractivity contribution in [1.29, 1.82) is 0 Å². The van der Waals surface area contributed by atoms with Crippen molar-refractivity contribution in [2.75, 3.05) is 17.3 Å². The van der Waals surface area contributed by atoms with E-state index < -0.39 is 17.7 Å². The maximum atomic E-state index is 13.1. The van der Waals surface area contributed by atoms with Crippen molar-refractivity contribution in [3.63, 3.8) is 0 Å². The summed E-state index contributed by atoms with van der Waals surface area (Å²) in [6, 6.07) is 10.7. The number of carbonyl (C=O) groups excluding carboxylic acids is 2. The highest BCUT2D eigenvalue weighted by Crippen LogP contribution is 2.41. The van der Waals surface area contributed by atoms with E-state index in [1.54, 1.807) is 56.3 Å². The zero-order chi connectivity index (χ0) is 19.8. The Morgan fingerprint density at radius 2 is 2.04 bits per heavy atom. The maximum absolute atomic E-state index is 13.1. The van der Waals surface area contributed by atoms with Gasteiger partial charge in [0.15, 0.2) is 0 Å². The summed E-state index contributed by atoms with van der Waals surface area (Å²) in [5.74, 6) is -0.207. The highest BCUT2D eigenvalue weighted by atomic mass is 79.9. The molecule has 1 atom stereocenters. The quantitative estimate of drug-likeness (QED) is 0.690. The molecular weight excluding hydrogens is 414 g/mol. The Bertz CT molecular complexity index is 902. The highest BCUT2D eigenvalue weighted by Gasteiger charge is 2.52.